The lowest BCUT2D eigenvalue weighted by molar-refractivity contribution is -0.148. The van der Waals surface area contributed by atoms with E-state index in [0.29, 0.717) is 5.76 Å². The number of hydrogen-bond acceptors (Lipinski definition) is 4. The van der Waals surface area contributed by atoms with Crippen molar-refractivity contribution in [1.82, 2.24) is 0 Å². The van der Waals surface area contributed by atoms with Gasteiger partial charge in [-0.2, -0.15) is 0 Å². The van der Waals surface area contributed by atoms with E-state index in [1.807, 2.05) is 6.07 Å². The third kappa shape index (κ3) is 2.46. The highest BCUT2D eigenvalue weighted by atomic mass is 16.5. The molecule has 4 heteroatoms. The number of carbonyl (C=O) groups is 2. The monoisotopic (exact) mass is 286 g/mol. The molecule has 0 radical (unpaired) electrons. The van der Waals surface area contributed by atoms with Crippen LogP contribution in [-0.4, -0.2) is 18.9 Å². The van der Waals surface area contributed by atoms with Crippen molar-refractivity contribution in [2.24, 2.45) is 11.8 Å². The molecular formula is C17H18O4. The summed E-state index contributed by atoms with van der Waals surface area (Å²) in [6, 6.07) is 3.62. The summed E-state index contributed by atoms with van der Waals surface area (Å²) in [4.78, 5) is 24.3. The Bertz CT molecular complexity index is 607. The molecule has 2 aliphatic rings. The van der Waals surface area contributed by atoms with Gasteiger partial charge in [0, 0.05) is 11.5 Å². The van der Waals surface area contributed by atoms with Crippen molar-refractivity contribution >= 4 is 17.3 Å². The number of rotatable bonds is 3. The molecule has 21 heavy (non-hydrogen) atoms. The van der Waals surface area contributed by atoms with Crippen LogP contribution in [0.1, 0.15) is 31.4 Å². The van der Waals surface area contributed by atoms with Crippen molar-refractivity contribution in [2.45, 2.75) is 25.7 Å². The SMILES string of the molecule is COC(=O)[C@H]1C(=O)C=C(c2ccco2)[C@@H]1C1=CCCCC1. The Morgan fingerprint density at radius 1 is 1.38 bits per heavy atom. The second-order valence-electron chi connectivity index (χ2n) is 5.48. The fourth-order valence-electron chi connectivity index (χ4n) is 3.28. The molecule has 0 bridgehead atoms. The van der Waals surface area contributed by atoms with Crippen LogP contribution in [-0.2, 0) is 14.3 Å². The Balaban J connectivity index is 2.02. The molecule has 3 rings (SSSR count). The third-order valence-electron chi connectivity index (χ3n) is 4.26. The van der Waals surface area contributed by atoms with Gasteiger partial charge in [0.2, 0.25) is 0 Å². The first-order chi connectivity index (χ1) is 10.2. The lowest BCUT2D eigenvalue weighted by atomic mass is 9.79. The van der Waals surface area contributed by atoms with Gasteiger partial charge in [0.05, 0.1) is 13.4 Å². The van der Waals surface area contributed by atoms with Crippen LogP contribution in [0.5, 0.6) is 0 Å². The maximum atomic E-state index is 12.3. The van der Waals surface area contributed by atoms with Gasteiger partial charge in [-0.05, 0) is 43.9 Å². The van der Waals surface area contributed by atoms with E-state index in [-0.39, 0.29) is 11.7 Å². The Kier molecular flexibility index (Phi) is 3.78. The minimum atomic E-state index is -0.764. The first-order valence-corrected chi connectivity index (χ1v) is 7.28. The predicted octanol–water partition coefficient (Wildman–Crippen LogP) is 3.15. The summed E-state index contributed by atoms with van der Waals surface area (Å²) in [7, 11) is 1.33. The zero-order chi connectivity index (χ0) is 14.8. The van der Waals surface area contributed by atoms with Crippen LogP contribution < -0.4 is 0 Å². The molecule has 0 unspecified atom stereocenters. The van der Waals surface area contributed by atoms with E-state index in [0.717, 1.165) is 36.8 Å². The molecule has 4 nitrogen and oxygen atoms in total. The van der Waals surface area contributed by atoms with Crippen molar-refractivity contribution in [3.8, 4) is 0 Å². The van der Waals surface area contributed by atoms with Gasteiger partial charge in [-0.1, -0.05) is 11.6 Å². The molecule has 1 aromatic heterocycles. The van der Waals surface area contributed by atoms with Gasteiger partial charge in [0.1, 0.15) is 11.7 Å². The summed E-state index contributed by atoms with van der Waals surface area (Å²) in [6.07, 6.45) is 9.46. The first kappa shape index (κ1) is 13.9. The van der Waals surface area contributed by atoms with E-state index in [2.05, 4.69) is 6.08 Å². The summed E-state index contributed by atoms with van der Waals surface area (Å²) >= 11 is 0. The summed E-state index contributed by atoms with van der Waals surface area (Å²) in [5.74, 6) is -0.999. The van der Waals surface area contributed by atoms with Crippen LogP contribution in [0.4, 0.5) is 0 Å². The topological polar surface area (TPSA) is 56.5 Å². The smallest absolute Gasteiger partial charge is 0.317 e. The fourth-order valence-corrected chi connectivity index (χ4v) is 3.28. The number of ketones is 1. The van der Waals surface area contributed by atoms with Gasteiger partial charge in [-0.3, -0.25) is 9.59 Å². The van der Waals surface area contributed by atoms with Crippen molar-refractivity contribution < 1.29 is 18.7 Å². The highest BCUT2D eigenvalue weighted by Gasteiger charge is 2.44. The van der Waals surface area contributed by atoms with Crippen molar-refractivity contribution in [3.05, 3.63) is 41.9 Å². The molecule has 0 amide bonds. The average molecular weight is 286 g/mol. The van der Waals surface area contributed by atoms with Gasteiger partial charge in [-0.15, -0.1) is 0 Å². The zero-order valence-electron chi connectivity index (χ0n) is 12.0. The molecule has 2 atom stereocenters. The number of carbonyl (C=O) groups excluding carboxylic acids is 2. The molecule has 0 N–H and O–H groups in total. The quantitative estimate of drug-likeness (QED) is 0.486. The first-order valence-electron chi connectivity index (χ1n) is 7.28. The summed E-state index contributed by atoms with van der Waals surface area (Å²) in [6.45, 7) is 0. The van der Waals surface area contributed by atoms with Gasteiger partial charge in [-0.25, -0.2) is 0 Å². The van der Waals surface area contributed by atoms with Crippen LogP contribution in [0, 0.1) is 11.8 Å². The normalized spacial score (nSPS) is 25.5. The number of ether oxygens (including phenoxy) is 1. The molecule has 0 fully saturated rings. The molecule has 0 saturated carbocycles. The van der Waals surface area contributed by atoms with E-state index in [9.17, 15) is 9.59 Å². The second kappa shape index (κ2) is 5.72. The molecule has 0 aliphatic heterocycles. The minimum Gasteiger partial charge on any atom is -0.468 e. The molecule has 110 valence electrons. The predicted molar refractivity (Wildman–Crippen MR) is 77.2 cm³/mol. The Morgan fingerprint density at radius 2 is 2.24 bits per heavy atom. The van der Waals surface area contributed by atoms with E-state index in [1.54, 1.807) is 18.4 Å². The highest BCUT2D eigenvalue weighted by molar-refractivity contribution is 6.14. The molecule has 2 aliphatic carbocycles. The van der Waals surface area contributed by atoms with Crippen LogP contribution in [0.15, 0.2) is 40.5 Å². The van der Waals surface area contributed by atoms with Crippen LogP contribution in [0.3, 0.4) is 0 Å². The third-order valence-corrected chi connectivity index (χ3v) is 4.26. The van der Waals surface area contributed by atoms with E-state index < -0.39 is 11.9 Å². The molecule has 1 aromatic rings. The molecule has 0 saturated heterocycles. The highest BCUT2D eigenvalue weighted by Crippen LogP contribution is 2.44. The molecule has 0 aromatic carbocycles. The van der Waals surface area contributed by atoms with Crippen LogP contribution >= 0.6 is 0 Å². The number of methoxy groups -OCH3 is 1. The number of allylic oxidation sites excluding steroid dienone is 4. The van der Waals surface area contributed by atoms with Crippen LogP contribution in [0.25, 0.3) is 5.57 Å². The fraction of sp³-hybridized carbons (Fsp3) is 0.412. The minimum absolute atomic E-state index is 0.190. The lowest BCUT2D eigenvalue weighted by Crippen LogP contribution is -2.29. The number of hydrogen-bond donors (Lipinski definition) is 0. The molecule has 0 spiro atoms. The maximum absolute atomic E-state index is 12.3. The summed E-state index contributed by atoms with van der Waals surface area (Å²) in [5.41, 5.74) is 1.96. The van der Waals surface area contributed by atoms with E-state index >= 15 is 0 Å². The summed E-state index contributed by atoms with van der Waals surface area (Å²) in [5, 5.41) is 0. The largest absolute Gasteiger partial charge is 0.468 e. The van der Waals surface area contributed by atoms with Crippen LogP contribution in [0.2, 0.25) is 0 Å². The standard InChI is InChI=1S/C17H18O4/c1-20-17(19)16-13(18)10-12(14-8-5-9-21-14)15(16)11-6-3-2-4-7-11/h5-6,8-10,15-16H,2-4,7H2,1H3/t15-,16-/m0/s1. The van der Waals surface area contributed by atoms with Gasteiger partial charge >= 0.3 is 5.97 Å². The number of esters is 1. The van der Waals surface area contributed by atoms with Gasteiger partial charge in [0.25, 0.3) is 0 Å². The molecular weight excluding hydrogens is 268 g/mol. The van der Waals surface area contributed by atoms with Crippen molar-refractivity contribution in [3.63, 3.8) is 0 Å². The van der Waals surface area contributed by atoms with E-state index in [1.165, 1.54) is 7.11 Å². The second-order valence-corrected chi connectivity index (χ2v) is 5.48. The Hall–Kier alpha value is -2.10. The Labute approximate surface area is 123 Å². The summed E-state index contributed by atoms with van der Waals surface area (Å²) < 4.78 is 10.3. The van der Waals surface area contributed by atoms with Gasteiger partial charge in [0.15, 0.2) is 5.78 Å². The molecule has 1 heterocycles. The lowest BCUT2D eigenvalue weighted by Gasteiger charge is -2.25. The Morgan fingerprint density at radius 3 is 2.86 bits per heavy atom. The van der Waals surface area contributed by atoms with Crippen molar-refractivity contribution in [2.75, 3.05) is 7.11 Å². The van der Waals surface area contributed by atoms with Crippen molar-refractivity contribution in [1.29, 1.82) is 0 Å². The number of furan rings is 1. The average Bonchev–Trinajstić information content (AvgIpc) is 3.14. The maximum Gasteiger partial charge on any atom is 0.317 e. The van der Waals surface area contributed by atoms with Gasteiger partial charge < -0.3 is 9.15 Å². The van der Waals surface area contributed by atoms with E-state index in [4.69, 9.17) is 9.15 Å². The zero-order valence-corrected chi connectivity index (χ0v) is 12.0.